The van der Waals surface area contributed by atoms with Gasteiger partial charge in [-0.05, 0) is 25.2 Å². The van der Waals surface area contributed by atoms with E-state index in [4.69, 9.17) is 14.6 Å². The summed E-state index contributed by atoms with van der Waals surface area (Å²) in [5.74, 6) is 1.66. The minimum absolute atomic E-state index is 0.150. The molecule has 90 valence electrons. The van der Waals surface area contributed by atoms with Gasteiger partial charge in [0.05, 0.1) is 13.7 Å². The van der Waals surface area contributed by atoms with Crippen molar-refractivity contribution in [2.24, 2.45) is 0 Å². The van der Waals surface area contributed by atoms with E-state index in [1.165, 1.54) is 0 Å². The number of benzene rings is 1. The molecular formula is C12H19NO3. The Morgan fingerprint density at radius 3 is 2.81 bits per heavy atom. The first-order valence-electron chi connectivity index (χ1n) is 5.37. The van der Waals surface area contributed by atoms with Gasteiger partial charge < -0.3 is 19.9 Å². The van der Waals surface area contributed by atoms with Gasteiger partial charge in [0.2, 0.25) is 0 Å². The van der Waals surface area contributed by atoms with Gasteiger partial charge in [0.1, 0.15) is 11.5 Å². The highest BCUT2D eigenvalue weighted by molar-refractivity contribution is 5.40. The number of nitrogens with one attached hydrogen (secondary N) is 1. The first-order chi connectivity index (χ1) is 7.81. The lowest BCUT2D eigenvalue weighted by Crippen LogP contribution is -2.08. The lowest BCUT2D eigenvalue weighted by Gasteiger charge is -2.12. The summed E-state index contributed by atoms with van der Waals surface area (Å²) in [6.07, 6.45) is 0.644. The van der Waals surface area contributed by atoms with Gasteiger partial charge in [-0.1, -0.05) is 0 Å². The summed E-state index contributed by atoms with van der Waals surface area (Å²) < 4.78 is 10.7. The number of ether oxygens (including phenoxy) is 2. The molecule has 0 spiro atoms. The Kier molecular flexibility index (Phi) is 5.67. The van der Waals surface area contributed by atoms with Crippen LogP contribution in [0, 0.1) is 0 Å². The van der Waals surface area contributed by atoms with Crippen molar-refractivity contribution >= 4 is 0 Å². The molecule has 0 heterocycles. The maximum Gasteiger partial charge on any atom is 0.124 e. The molecule has 0 saturated heterocycles. The Labute approximate surface area is 96.2 Å². The predicted molar refractivity (Wildman–Crippen MR) is 63.0 cm³/mol. The molecule has 2 N–H and O–H groups in total. The molecule has 16 heavy (non-hydrogen) atoms. The highest BCUT2D eigenvalue weighted by atomic mass is 16.5. The molecule has 1 aromatic rings. The average molecular weight is 225 g/mol. The Balaban J connectivity index is 2.72. The quantitative estimate of drug-likeness (QED) is 0.684. The van der Waals surface area contributed by atoms with E-state index in [1.54, 1.807) is 7.11 Å². The third-order valence-electron chi connectivity index (χ3n) is 2.19. The molecule has 0 saturated carbocycles. The van der Waals surface area contributed by atoms with Crippen LogP contribution in [0.3, 0.4) is 0 Å². The van der Waals surface area contributed by atoms with Crippen LogP contribution in [0.1, 0.15) is 12.0 Å². The van der Waals surface area contributed by atoms with E-state index in [0.717, 1.165) is 23.6 Å². The van der Waals surface area contributed by atoms with Crippen LogP contribution in [0.25, 0.3) is 0 Å². The zero-order chi connectivity index (χ0) is 11.8. The van der Waals surface area contributed by atoms with Crippen molar-refractivity contribution in [1.82, 2.24) is 5.32 Å². The molecule has 0 radical (unpaired) electrons. The molecule has 0 atom stereocenters. The number of methoxy groups -OCH3 is 1. The number of hydrogen-bond acceptors (Lipinski definition) is 4. The summed E-state index contributed by atoms with van der Waals surface area (Å²) in [5, 5.41) is 11.8. The maximum atomic E-state index is 8.69. The molecule has 0 aliphatic heterocycles. The Morgan fingerprint density at radius 1 is 1.38 bits per heavy atom. The summed E-state index contributed by atoms with van der Waals surface area (Å²) in [5.41, 5.74) is 1.06. The minimum Gasteiger partial charge on any atom is -0.497 e. The Morgan fingerprint density at radius 2 is 2.19 bits per heavy atom. The molecule has 0 fully saturated rings. The topological polar surface area (TPSA) is 50.7 Å². The lowest BCUT2D eigenvalue weighted by molar-refractivity contribution is 0.232. The SMILES string of the molecule is CNCc1cc(OC)ccc1OCCCO. The summed E-state index contributed by atoms with van der Waals surface area (Å²) in [7, 11) is 3.53. The van der Waals surface area contributed by atoms with E-state index in [9.17, 15) is 0 Å². The highest BCUT2D eigenvalue weighted by Gasteiger charge is 2.04. The Hall–Kier alpha value is -1.26. The van der Waals surface area contributed by atoms with Crippen LogP contribution in [-0.2, 0) is 6.54 Å². The zero-order valence-electron chi connectivity index (χ0n) is 9.82. The largest absolute Gasteiger partial charge is 0.497 e. The maximum absolute atomic E-state index is 8.69. The molecular weight excluding hydrogens is 206 g/mol. The molecule has 4 heteroatoms. The van der Waals surface area contributed by atoms with Gasteiger partial charge in [0.15, 0.2) is 0 Å². The molecule has 0 unspecified atom stereocenters. The molecule has 0 amide bonds. The molecule has 0 aliphatic carbocycles. The van der Waals surface area contributed by atoms with Crippen LogP contribution in [0.2, 0.25) is 0 Å². The van der Waals surface area contributed by atoms with Crippen molar-refractivity contribution in [3.05, 3.63) is 23.8 Å². The van der Waals surface area contributed by atoms with E-state index >= 15 is 0 Å². The van der Waals surface area contributed by atoms with Gasteiger partial charge in [-0.3, -0.25) is 0 Å². The van der Waals surface area contributed by atoms with Crippen LogP contribution in [0.4, 0.5) is 0 Å². The number of rotatable bonds is 7. The normalized spacial score (nSPS) is 10.2. The Bertz CT molecular complexity index is 315. The number of aliphatic hydroxyl groups is 1. The number of hydrogen-bond donors (Lipinski definition) is 2. The van der Waals surface area contributed by atoms with E-state index in [2.05, 4.69) is 5.32 Å². The summed E-state index contributed by atoms with van der Waals surface area (Å²) >= 11 is 0. The number of aliphatic hydroxyl groups excluding tert-OH is 1. The fraction of sp³-hybridized carbons (Fsp3) is 0.500. The zero-order valence-corrected chi connectivity index (χ0v) is 9.82. The second kappa shape index (κ2) is 7.09. The van der Waals surface area contributed by atoms with Gasteiger partial charge in [0, 0.05) is 25.1 Å². The van der Waals surface area contributed by atoms with Gasteiger partial charge in [-0.25, -0.2) is 0 Å². The first-order valence-corrected chi connectivity index (χ1v) is 5.37. The van der Waals surface area contributed by atoms with Crippen LogP contribution >= 0.6 is 0 Å². The molecule has 4 nitrogen and oxygen atoms in total. The van der Waals surface area contributed by atoms with Crippen molar-refractivity contribution in [1.29, 1.82) is 0 Å². The third-order valence-corrected chi connectivity index (χ3v) is 2.19. The van der Waals surface area contributed by atoms with E-state index in [-0.39, 0.29) is 6.61 Å². The smallest absolute Gasteiger partial charge is 0.124 e. The first kappa shape index (κ1) is 12.8. The van der Waals surface area contributed by atoms with Crippen molar-refractivity contribution in [2.75, 3.05) is 27.4 Å². The lowest BCUT2D eigenvalue weighted by atomic mass is 10.2. The van der Waals surface area contributed by atoms with Crippen LogP contribution in [0.15, 0.2) is 18.2 Å². The van der Waals surface area contributed by atoms with Crippen molar-refractivity contribution < 1.29 is 14.6 Å². The van der Waals surface area contributed by atoms with Gasteiger partial charge in [-0.15, -0.1) is 0 Å². The third kappa shape index (κ3) is 3.72. The fourth-order valence-electron chi connectivity index (χ4n) is 1.40. The summed E-state index contributed by atoms with van der Waals surface area (Å²) in [6, 6.07) is 5.71. The van der Waals surface area contributed by atoms with E-state index in [1.807, 2.05) is 25.2 Å². The average Bonchev–Trinajstić information content (AvgIpc) is 2.31. The summed E-state index contributed by atoms with van der Waals surface area (Å²) in [6.45, 7) is 1.41. The molecule has 1 rings (SSSR count). The van der Waals surface area contributed by atoms with Crippen molar-refractivity contribution in [3.8, 4) is 11.5 Å². The van der Waals surface area contributed by atoms with Crippen molar-refractivity contribution in [2.45, 2.75) is 13.0 Å². The van der Waals surface area contributed by atoms with Crippen LogP contribution in [0.5, 0.6) is 11.5 Å². The van der Waals surface area contributed by atoms with E-state index in [0.29, 0.717) is 13.0 Å². The van der Waals surface area contributed by atoms with Gasteiger partial charge >= 0.3 is 0 Å². The standard InChI is InChI=1S/C12H19NO3/c1-13-9-10-8-11(15-2)4-5-12(10)16-7-3-6-14/h4-5,8,13-14H,3,6-7,9H2,1-2H3. The van der Waals surface area contributed by atoms with Gasteiger partial charge in [-0.2, -0.15) is 0 Å². The van der Waals surface area contributed by atoms with Crippen LogP contribution in [-0.4, -0.2) is 32.5 Å². The van der Waals surface area contributed by atoms with E-state index < -0.39 is 0 Å². The fourth-order valence-corrected chi connectivity index (χ4v) is 1.40. The van der Waals surface area contributed by atoms with Crippen molar-refractivity contribution in [3.63, 3.8) is 0 Å². The molecule has 0 bridgehead atoms. The minimum atomic E-state index is 0.150. The molecule has 0 aliphatic rings. The van der Waals surface area contributed by atoms with Crippen LogP contribution < -0.4 is 14.8 Å². The predicted octanol–water partition coefficient (Wildman–Crippen LogP) is 1.18. The monoisotopic (exact) mass is 225 g/mol. The second-order valence-corrected chi connectivity index (χ2v) is 3.43. The van der Waals surface area contributed by atoms with Gasteiger partial charge in [0.25, 0.3) is 0 Å². The second-order valence-electron chi connectivity index (χ2n) is 3.43. The molecule has 0 aromatic heterocycles. The highest BCUT2D eigenvalue weighted by Crippen LogP contribution is 2.24. The summed E-state index contributed by atoms with van der Waals surface area (Å²) in [4.78, 5) is 0. The molecule has 1 aromatic carbocycles.